The zero-order valence-electron chi connectivity index (χ0n) is 13.5. The molecule has 5 heteroatoms. The number of hydrogen-bond acceptors (Lipinski definition) is 3. The third-order valence-electron chi connectivity index (χ3n) is 5.03. The number of imidazole rings is 1. The fourth-order valence-corrected chi connectivity index (χ4v) is 3.93. The van der Waals surface area contributed by atoms with Crippen LogP contribution in [0.1, 0.15) is 30.9 Å². The average Bonchev–Trinajstić information content (AvgIpc) is 2.99. The second-order valence-electron chi connectivity index (χ2n) is 6.54. The molecule has 0 spiro atoms. The smallest absolute Gasteiger partial charge is 0.209 e. The third kappa shape index (κ3) is 2.12. The van der Waals surface area contributed by atoms with Crippen molar-refractivity contribution >= 4 is 22.8 Å². The van der Waals surface area contributed by atoms with Gasteiger partial charge in [-0.25, -0.2) is 9.37 Å². The van der Waals surface area contributed by atoms with Gasteiger partial charge >= 0.3 is 0 Å². The summed E-state index contributed by atoms with van der Waals surface area (Å²) in [4.78, 5) is 17.4. The Morgan fingerprint density at radius 2 is 1.88 bits per heavy atom. The standard InChI is InChI=1S/C20H16FN3O/c21-13-10-8-12(9-11-13)19-18-15(5-3-7-17(18)25)23-20-22-14-4-1-2-6-16(14)24(19)20/h1-2,4,6,8-11,19H,3,5,7H2,(H,22,23)/t19-/m1/s1. The van der Waals surface area contributed by atoms with E-state index >= 15 is 0 Å². The van der Waals surface area contributed by atoms with Crippen LogP contribution < -0.4 is 5.32 Å². The Morgan fingerprint density at radius 1 is 1.08 bits per heavy atom. The van der Waals surface area contributed by atoms with E-state index in [1.807, 2.05) is 24.3 Å². The van der Waals surface area contributed by atoms with Crippen molar-refractivity contribution in [3.63, 3.8) is 0 Å². The number of carbonyl (C=O) groups excluding carboxylic acids is 1. The van der Waals surface area contributed by atoms with Gasteiger partial charge in [0.15, 0.2) is 5.78 Å². The molecule has 0 bridgehead atoms. The van der Waals surface area contributed by atoms with Gasteiger partial charge in [-0.3, -0.25) is 9.36 Å². The lowest BCUT2D eigenvalue weighted by molar-refractivity contribution is -0.116. The highest BCUT2D eigenvalue weighted by Gasteiger charge is 2.36. The summed E-state index contributed by atoms with van der Waals surface area (Å²) in [5.74, 6) is 0.619. The van der Waals surface area contributed by atoms with E-state index in [9.17, 15) is 9.18 Å². The summed E-state index contributed by atoms with van der Waals surface area (Å²) in [5.41, 5.74) is 4.48. The first-order valence-corrected chi connectivity index (χ1v) is 8.48. The van der Waals surface area contributed by atoms with Crippen LogP contribution in [0.4, 0.5) is 10.3 Å². The molecule has 1 atom stereocenters. The van der Waals surface area contributed by atoms with Gasteiger partial charge in [-0.05, 0) is 42.7 Å². The van der Waals surface area contributed by atoms with Crippen LogP contribution in [0.3, 0.4) is 0 Å². The van der Waals surface area contributed by atoms with E-state index in [2.05, 4.69) is 9.88 Å². The molecular weight excluding hydrogens is 317 g/mol. The number of carbonyl (C=O) groups is 1. The quantitative estimate of drug-likeness (QED) is 0.726. The Hall–Kier alpha value is -2.95. The lowest BCUT2D eigenvalue weighted by Gasteiger charge is -2.33. The highest BCUT2D eigenvalue weighted by molar-refractivity contribution is 6.00. The van der Waals surface area contributed by atoms with Gasteiger partial charge in [-0.1, -0.05) is 24.3 Å². The summed E-state index contributed by atoms with van der Waals surface area (Å²) < 4.78 is 15.5. The Bertz CT molecular complexity index is 1030. The van der Waals surface area contributed by atoms with Crippen molar-refractivity contribution in [2.24, 2.45) is 0 Å². The molecule has 4 nitrogen and oxygen atoms in total. The number of allylic oxidation sites excluding steroid dienone is 2. The van der Waals surface area contributed by atoms with E-state index in [1.165, 1.54) is 12.1 Å². The van der Waals surface area contributed by atoms with Crippen molar-refractivity contribution in [1.29, 1.82) is 0 Å². The van der Waals surface area contributed by atoms with Gasteiger partial charge in [-0.2, -0.15) is 0 Å². The fraction of sp³-hybridized carbons (Fsp3) is 0.200. The second-order valence-corrected chi connectivity index (χ2v) is 6.54. The number of benzene rings is 2. The van der Waals surface area contributed by atoms with E-state index in [-0.39, 0.29) is 17.6 Å². The maximum Gasteiger partial charge on any atom is 0.209 e. The molecule has 0 saturated carbocycles. The largest absolute Gasteiger partial charge is 0.329 e. The molecule has 1 aromatic heterocycles. The normalized spacial score (nSPS) is 19.6. The van der Waals surface area contributed by atoms with Crippen LogP contribution in [0.5, 0.6) is 0 Å². The molecule has 0 fully saturated rings. The Morgan fingerprint density at radius 3 is 2.72 bits per heavy atom. The molecule has 2 heterocycles. The number of ketones is 1. The first-order chi connectivity index (χ1) is 12.2. The van der Waals surface area contributed by atoms with Gasteiger partial charge in [-0.15, -0.1) is 0 Å². The summed E-state index contributed by atoms with van der Waals surface area (Å²) in [7, 11) is 0. The van der Waals surface area contributed by atoms with Gasteiger partial charge in [0, 0.05) is 17.7 Å². The zero-order valence-corrected chi connectivity index (χ0v) is 13.5. The van der Waals surface area contributed by atoms with Crippen molar-refractivity contribution < 1.29 is 9.18 Å². The SMILES string of the molecule is O=C1CCCC2=C1[C@@H](c1ccc(F)cc1)n1c(nc3ccccc31)N2. The highest BCUT2D eigenvalue weighted by atomic mass is 19.1. The fourth-order valence-electron chi connectivity index (χ4n) is 3.93. The molecule has 1 N–H and O–H groups in total. The molecule has 2 aromatic carbocycles. The van der Waals surface area contributed by atoms with E-state index in [1.54, 1.807) is 12.1 Å². The number of anilines is 1. The van der Waals surface area contributed by atoms with Crippen LogP contribution in [0.25, 0.3) is 11.0 Å². The van der Waals surface area contributed by atoms with E-state index in [0.29, 0.717) is 6.42 Å². The molecule has 124 valence electrons. The minimum atomic E-state index is -0.280. The molecule has 25 heavy (non-hydrogen) atoms. The van der Waals surface area contributed by atoms with Crippen molar-refractivity contribution in [2.75, 3.05) is 5.32 Å². The predicted octanol–water partition coefficient (Wildman–Crippen LogP) is 4.20. The van der Waals surface area contributed by atoms with Gasteiger partial charge in [0.05, 0.1) is 17.1 Å². The van der Waals surface area contributed by atoms with Crippen molar-refractivity contribution in [2.45, 2.75) is 25.3 Å². The minimum absolute atomic E-state index is 0.159. The van der Waals surface area contributed by atoms with Crippen LogP contribution in [0.2, 0.25) is 0 Å². The van der Waals surface area contributed by atoms with E-state index in [0.717, 1.165) is 46.7 Å². The molecule has 1 aliphatic heterocycles. The first-order valence-electron chi connectivity index (χ1n) is 8.48. The lowest BCUT2D eigenvalue weighted by atomic mass is 9.85. The van der Waals surface area contributed by atoms with Crippen molar-refractivity contribution in [1.82, 2.24) is 9.55 Å². The van der Waals surface area contributed by atoms with Crippen LogP contribution in [0, 0.1) is 5.82 Å². The van der Waals surface area contributed by atoms with E-state index in [4.69, 9.17) is 4.98 Å². The predicted molar refractivity (Wildman–Crippen MR) is 93.8 cm³/mol. The second kappa shape index (κ2) is 5.28. The van der Waals surface area contributed by atoms with Crippen LogP contribution in [0.15, 0.2) is 59.8 Å². The summed E-state index contributed by atoms with van der Waals surface area (Å²) in [5, 5.41) is 3.37. The Labute approximate surface area is 144 Å². The number of nitrogens with one attached hydrogen (secondary N) is 1. The van der Waals surface area contributed by atoms with E-state index < -0.39 is 0 Å². The number of Topliss-reactive ketones (excluding diaryl/α,β-unsaturated/α-hetero) is 1. The monoisotopic (exact) mass is 333 g/mol. The molecule has 3 aromatic rings. The molecule has 2 aliphatic rings. The summed E-state index contributed by atoms with van der Waals surface area (Å²) >= 11 is 0. The number of rotatable bonds is 1. The lowest BCUT2D eigenvalue weighted by Crippen LogP contribution is -2.30. The minimum Gasteiger partial charge on any atom is -0.329 e. The Kier molecular flexibility index (Phi) is 3.04. The maximum absolute atomic E-state index is 13.4. The van der Waals surface area contributed by atoms with Crippen LogP contribution >= 0.6 is 0 Å². The third-order valence-corrected chi connectivity index (χ3v) is 5.03. The molecule has 0 saturated heterocycles. The van der Waals surface area contributed by atoms with Crippen LogP contribution in [-0.2, 0) is 4.79 Å². The highest BCUT2D eigenvalue weighted by Crippen LogP contribution is 2.42. The molecule has 5 rings (SSSR count). The van der Waals surface area contributed by atoms with Crippen LogP contribution in [-0.4, -0.2) is 15.3 Å². The number of para-hydroxylation sites is 2. The summed E-state index contributed by atoms with van der Waals surface area (Å²) in [6, 6.07) is 14.0. The number of aromatic nitrogens is 2. The van der Waals surface area contributed by atoms with Gasteiger partial charge in [0.1, 0.15) is 5.82 Å². The van der Waals surface area contributed by atoms with Crippen molar-refractivity contribution in [3.05, 3.63) is 71.2 Å². The zero-order chi connectivity index (χ0) is 17.0. The maximum atomic E-state index is 13.4. The van der Waals surface area contributed by atoms with Crippen molar-refractivity contribution in [3.8, 4) is 0 Å². The molecule has 0 amide bonds. The summed E-state index contributed by atoms with van der Waals surface area (Å²) in [6.45, 7) is 0. The number of fused-ring (bicyclic) bond motifs is 3. The molecular formula is C20H16FN3O. The molecule has 0 radical (unpaired) electrons. The first kappa shape index (κ1) is 14.4. The van der Waals surface area contributed by atoms with Gasteiger partial charge < -0.3 is 5.32 Å². The Balaban J connectivity index is 1.81. The van der Waals surface area contributed by atoms with Gasteiger partial charge in [0.2, 0.25) is 5.95 Å². The molecule has 0 unspecified atom stereocenters. The number of halogens is 1. The van der Waals surface area contributed by atoms with Gasteiger partial charge in [0.25, 0.3) is 0 Å². The topological polar surface area (TPSA) is 46.9 Å². The molecule has 1 aliphatic carbocycles. The number of nitrogens with zero attached hydrogens (tertiary/aromatic N) is 2. The average molecular weight is 333 g/mol. The summed E-state index contributed by atoms with van der Waals surface area (Å²) in [6.07, 6.45) is 2.24. The number of hydrogen-bond donors (Lipinski definition) is 1.